The van der Waals surface area contributed by atoms with E-state index in [0.717, 1.165) is 17.7 Å². The summed E-state index contributed by atoms with van der Waals surface area (Å²) in [6.45, 7) is 3.74. The summed E-state index contributed by atoms with van der Waals surface area (Å²) in [7, 11) is 0. The summed E-state index contributed by atoms with van der Waals surface area (Å²) in [6, 6.07) is 1.87. The van der Waals surface area contributed by atoms with Crippen LogP contribution in [-0.4, -0.2) is 35.4 Å². The third kappa shape index (κ3) is 2.12. The average molecular weight is 288 g/mol. The number of esters is 1. The Morgan fingerprint density at radius 2 is 2.50 bits per heavy atom. The molecule has 1 N–H and O–H groups in total. The minimum Gasteiger partial charge on any atom is -0.466 e. The fourth-order valence-corrected chi connectivity index (χ4v) is 2.12. The fraction of sp³-hybridized carbons (Fsp3) is 0.600. The molecule has 0 aromatic carbocycles. The van der Waals surface area contributed by atoms with Gasteiger partial charge in [0.2, 0.25) is 0 Å². The van der Waals surface area contributed by atoms with Gasteiger partial charge < -0.3 is 10.1 Å². The molecule has 0 spiro atoms. The molecule has 6 heteroatoms. The van der Waals surface area contributed by atoms with E-state index in [1.54, 1.807) is 0 Å². The number of carbonyl (C=O) groups excluding carboxylic acids is 1. The van der Waals surface area contributed by atoms with E-state index in [0.29, 0.717) is 13.0 Å². The lowest BCUT2D eigenvalue weighted by Gasteiger charge is -2.42. The molecule has 0 amide bonds. The van der Waals surface area contributed by atoms with Gasteiger partial charge in [-0.2, -0.15) is 5.10 Å². The summed E-state index contributed by atoms with van der Waals surface area (Å²) in [5.41, 5.74) is -0.252. The van der Waals surface area contributed by atoms with Gasteiger partial charge in [-0.15, -0.1) is 0 Å². The molecule has 1 aromatic rings. The van der Waals surface area contributed by atoms with Gasteiger partial charge in [-0.1, -0.05) is 0 Å². The maximum absolute atomic E-state index is 11.5. The standard InChI is InChI=1S/C10H14BrN3O2/c1-2-16-9(15)5-10(6-12-7-10)14-4-3-8(11)13-14/h3-4,12H,2,5-7H2,1H3. The predicted molar refractivity (Wildman–Crippen MR) is 62.0 cm³/mol. The van der Waals surface area contributed by atoms with Gasteiger partial charge >= 0.3 is 5.97 Å². The molecule has 88 valence electrons. The molecule has 0 bridgehead atoms. The lowest BCUT2D eigenvalue weighted by Crippen LogP contribution is -2.61. The van der Waals surface area contributed by atoms with Crippen LogP contribution in [0.2, 0.25) is 0 Å². The predicted octanol–water partition coefficient (Wildman–Crippen LogP) is 0.897. The molecule has 0 atom stereocenters. The van der Waals surface area contributed by atoms with Crippen molar-refractivity contribution in [2.75, 3.05) is 19.7 Å². The maximum atomic E-state index is 11.5. The number of rotatable bonds is 4. The number of aromatic nitrogens is 2. The highest BCUT2D eigenvalue weighted by Gasteiger charge is 2.42. The Balaban J connectivity index is 2.11. The van der Waals surface area contributed by atoms with E-state index >= 15 is 0 Å². The van der Waals surface area contributed by atoms with E-state index < -0.39 is 0 Å². The summed E-state index contributed by atoms with van der Waals surface area (Å²) in [5.74, 6) is -0.171. The molecule has 1 fully saturated rings. The molecule has 0 radical (unpaired) electrons. The first kappa shape index (κ1) is 11.6. The Kier molecular flexibility index (Phi) is 3.30. The zero-order valence-electron chi connectivity index (χ0n) is 9.07. The summed E-state index contributed by atoms with van der Waals surface area (Å²) < 4.78 is 7.60. The first-order valence-electron chi connectivity index (χ1n) is 5.24. The van der Waals surface area contributed by atoms with Crippen LogP contribution in [0.15, 0.2) is 16.9 Å². The monoisotopic (exact) mass is 287 g/mol. The van der Waals surface area contributed by atoms with Gasteiger partial charge in [0.15, 0.2) is 0 Å². The van der Waals surface area contributed by atoms with Gasteiger partial charge in [0.1, 0.15) is 4.60 Å². The van der Waals surface area contributed by atoms with Crippen LogP contribution in [0.5, 0.6) is 0 Å². The summed E-state index contributed by atoms with van der Waals surface area (Å²) >= 11 is 3.31. The quantitative estimate of drug-likeness (QED) is 0.836. The lowest BCUT2D eigenvalue weighted by atomic mass is 9.89. The molecule has 1 aliphatic rings. The van der Waals surface area contributed by atoms with Crippen molar-refractivity contribution in [2.45, 2.75) is 18.9 Å². The molecular formula is C10H14BrN3O2. The van der Waals surface area contributed by atoms with Crippen molar-refractivity contribution in [3.63, 3.8) is 0 Å². The normalized spacial score (nSPS) is 17.9. The minimum atomic E-state index is -0.252. The van der Waals surface area contributed by atoms with Gasteiger partial charge in [-0.3, -0.25) is 9.48 Å². The number of hydrogen-bond donors (Lipinski definition) is 1. The van der Waals surface area contributed by atoms with E-state index in [1.165, 1.54) is 0 Å². The van der Waals surface area contributed by atoms with Gasteiger partial charge in [0, 0.05) is 19.3 Å². The van der Waals surface area contributed by atoms with E-state index in [2.05, 4.69) is 26.3 Å². The topological polar surface area (TPSA) is 56.2 Å². The van der Waals surface area contributed by atoms with Crippen molar-refractivity contribution < 1.29 is 9.53 Å². The Morgan fingerprint density at radius 1 is 1.75 bits per heavy atom. The van der Waals surface area contributed by atoms with Crippen LogP contribution < -0.4 is 5.32 Å². The van der Waals surface area contributed by atoms with Gasteiger partial charge in [-0.05, 0) is 28.9 Å². The van der Waals surface area contributed by atoms with Crippen molar-refractivity contribution in [3.05, 3.63) is 16.9 Å². The fourth-order valence-electron chi connectivity index (χ4n) is 1.83. The van der Waals surface area contributed by atoms with Crippen LogP contribution in [0.1, 0.15) is 13.3 Å². The van der Waals surface area contributed by atoms with Crippen molar-refractivity contribution in [1.29, 1.82) is 0 Å². The first-order valence-corrected chi connectivity index (χ1v) is 6.03. The van der Waals surface area contributed by atoms with Crippen LogP contribution in [-0.2, 0) is 15.1 Å². The molecule has 1 aliphatic heterocycles. The molecule has 2 rings (SSSR count). The molecular weight excluding hydrogens is 274 g/mol. The SMILES string of the molecule is CCOC(=O)CC1(n2ccc(Br)n2)CNC1. The van der Waals surface area contributed by atoms with E-state index in [-0.39, 0.29) is 11.5 Å². The van der Waals surface area contributed by atoms with E-state index in [9.17, 15) is 4.79 Å². The second kappa shape index (κ2) is 4.55. The molecule has 1 saturated heterocycles. The van der Waals surface area contributed by atoms with Crippen LogP contribution in [0, 0.1) is 0 Å². The first-order chi connectivity index (χ1) is 7.66. The second-order valence-electron chi connectivity index (χ2n) is 3.89. The van der Waals surface area contributed by atoms with Crippen LogP contribution in [0.25, 0.3) is 0 Å². The highest BCUT2D eigenvalue weighted by molar-refractivity contribution is 9.10. The Bertz CT molecular complexity index is 387. The largest absolute Gasteiger partial charge is 0.466 e. The second-order valence-corrected chi connectivity index (χ2v) is 4.71. The molecule has 0 saturated carbocycles. The Labute approximate surface area is 102 Å². The number of carbonyl (C=O) groups is 1. The summed E-state index contributed by atoms with van der Waals surface area (Å²) in [4.78, 5) is 11.5. The summed E-state index contributed by atoms with van der Waals surface area (Å²) in [5, 5.41) is 7.48. The molecule has 5 nitrogen and oxygen atoms in total. The van der Waals surface area contributed by atoms with Crippen molar-refractivity contribution in [1.82, 2.24) is 15.1 Å². The highest BCUT2D eigenvalue weighted by atomic mass is 79.9. The molecule has 16 heavy (non-hydrogen) atoms. The number of nitrogens with one attached hydrogen (secondary N) is 1. The zero-order chi connectivity index (χ0) is 11.6. The highest BCUT2D eigenvalue weighted by Crippen LogP contribution is 2.26. The van der Waals surface area contributed by atoms with Crippen LogP contribution in [0.4, 0.5) is 0 Å². The van der Waals surface area contributed by atoms with Crippen molar-refractivity contribution >= 4 is 21.9 Å². The van der Waals surface area contributed by atoms with Crippen LogP contribution in [0.3, 0.4) is 0 Å². The van der Waals surface area contributed by atoms with Crippen molar-refractivity contribution in [2.24, 2.45) is 0 Å². The molecule has 2 heterocycles. The minimum absolute atomic E-state index is 0.171. The third-order valence-electron chi connectivity index (χ3n) is 2.73. The molecule has 1 aromatic heterocycles. The van der Waals surface area contributed by atoms with Gasteiger partial charge in [0.25, 0.3) is 0 Å². The lowest BCUT2D eigenvalue weighted by molar-refractivity contribution is -0.146. The summed E-state index contributed by atoms with van der Waals surface area (Å²) in [6.07, 6.45) is 2.24. The van der Waals surface area contributed by atoms with Gasteiger partial charge in [-0.25, -0.2) is 0 Å². The van der Waals surface area contributed by atoms with E-state index in [1.807, 2.05) is 23.9 Å². The number of hydrogen-bond acceptors (Lipinski definition) is 4. The van der Waals surface area contributed by atoms with Crippen LogP contribution >= 0.6 is 15.9 Å². The number of nitrogens with zero attached hydrogens (tertiary/aromatic N) is 2. The smallest absolute Gasteiger partial charge is 0.308 e. The Morgan fingerprint density at radius 3 is 2.94 bits per heavy atom. The number of halogens is 1. The maximum Gasteiger partial charge on any atom is 0.308 e. The number of ether oxygens (including phenoxy) is 1. The zero-order valence-corrected chi connectivity index (χ0v) is 10.7. The molecule has 0 unspecified atom stereocenters. The van der Waals surface area contributed by atoms with Crippen molar-refractivity contribution in [3.8, 4) is 0 Å². The van der Waals surface area contributed by atoms with E-state index in [4.69, 9.17) is 4.74 Å². The third-order valence-corrected chi connectivity index (χ3v) is 3.15. The average Bonchev–Trinajstić information content (AvgIpc) is 2.59. The Hall–Kier alpha value is -0.880. The van der Waals surface area contributed by atoms with Gasteiger partial charge in [0.05, 0.1) is 18.6 Å². The molecule has 0 aliphatic carbocycles.